The van der Waals surface area contributed by atoms with Crippen molar-refractivity contribution in [1.82, 2.24) is 4.90 Å². The molecule has 28 heavy (non-hydrogen) atoms. The molecule has 2 aliphatic heterocycles. The van der Waals surface area contributed by atoms with E-state index in [0.29, 0.717) is 26.1 Å². The van der Waals surface area contributed by atoms with E-state index >= 15 is 0 Å². The average molecular weight is 451 g/mol. The van der Waals surface area contributed by atoms with Crippen LogP contribution in [0.25, 0.3) is 0 Å². The van der Waals surface area contributed by atoms with E-state index < -0.39 is 34.2 Å². The van der Waals surface area contributed by atoms with Gasteiger partial charge < -0.3 is 14.2 Å². The minimum Gasteiger partial charge on any atom is -0.460 e. The van der Waals surface area contributed by atoms with Crippen LogP contribution in [0.2, 0.25) is 0 Å². The topological polar surface area (TPSA) is 82.1 Å². The van der Waals surface area contributed by atoms with E-state index in [1.165, 1.54) is 0 Å². The lowest BCUT2D eigenvalue weighted by Crippen LogP contribution is -2.46. The molecule has 0 aromatic heterocycles. The molecular formula is C18H18Cl3NO6. The zero-order valence-corrected chi connectivity index (χ0v) is 17.0. The number of hydrogen-bond donors (Lipinski definition) is 0. The molecule has 1 aromatic rings. The molecule has 0 N–H and O–H groups in total. The summed E-state index contributed by atoms with van der Waals surface area (Å²) in [5.41, 5.74) is 0.489. The number of amides is 2. The smallest absolute Gasteiger partial charge is 0.329 e. The van der Waals surface area contributed by atoms with Crippen molar-refractivity contribution in [2.24, 2.45) is 0 Å². The number of ether oxygens (including phenoxy) is 3. The molecule has 1 atom stereocenters. The van der Waals surface area contributed by atoms with Crippen LogP contribution in [0.1, 0.15) is 40.0 Å². The van der Waals surface area contributed by atoms with Crippen LogP contribution in [0, 0.1) is 0 Å². The maximum absolute atomic E-state index is 12.7. The molecule has 3 rings (SSSR count). The Morgan fingerprint density at radius 1 is 1.14 bits per heavy atom. The van der Waals surface area contributed by atoms with E-state index in [0.717, 1.165) is 4.90 Å². The van der Waals surface area contributed by atoms with Gasteiger partial charge in [-0.2, -0.15) is 0 Å². The molecule has 2 amide bonds. The van der Waals surface area contributed by atoms with Crippen molar-refractivity contribution in [3.8, 4) is 0 Å². The zero-order chi connectivity index (χ0) is 20.3. The largest absolute Gasteiger partial charge is 0.460 e. The van der Waals surface area contributed by atoms with Gasteiger partial charge in [-0.3, -0.25) is 14.5 Å². The molecule has 0 spiro atoms. The summed E-state index contributed by atoms with van der Waals surface area (Å²) in [5, 5.41) is 0. The van der Waals surface area contributed by atoms with Gasteiger partial charge in [0.25, 0.3) is 11.8 Å². The first kappa shape index (κ1) is 21.3. The van der Waals surface area contributed by atoms with Gasteiger partial charge >= 0.3 is 5.97 Å². The second-order valence-corrected chi connectivity index (χ2v) is 8.88. The molecule has 1 saturated heterocycles. The van der Waals surface area contributed by atoms with Crippen molar-refractivity contribution in [1.29, 1.82) is 0 Å². The Hall–Kier alpha value is -1.38. The van der Waals surface area contributed by atoms with Gasteiger partial charge in [0.05, 0.1) is 24.3 Å². The SMILES string of the molecule is O=C(OCC(Cl)(Cl)Cl)C(CCCC1OCCO1)N1C(=O)c2ccccc2C1=O. The highest BCUT2D eigenvalue weighted by Gasteiger charge is 2.43. The number of hydrogen-bond acceptors (Lipinski definition) is 6. The van der Waals surface area contributed by atoms with Crippen molar-refractivity contribution < 1.29 is 28.6 Å². The van der Waals surface area contributed by atoms with Gasteiger partial charge in [-0.1, -0.05) is 46.9 Å². The molecule has 1 unspecified atom stereocenters. The molecule has 0 saturated carbocycles. The Morgan fingerprint density at radius 2 is 1.71 bits per heavy atom. The highest BCUT2D eigenvalue weighted by atomic mass is 35.6. The Morgan fingerprint density at radius 3 is 2.25 bits per heavy atom. The van der Waals surface area contributed by atoms with Gasteiger partial charge in [-0.25, -0.2) is 4.79 Å². The summed E-state index contributed by atoms with van der Waals surface area (Å²) in [6.45, 7) is 0.528. The molecule has 2 aliphatic rings. The minimum atomic E-state index is -1.80. The summed E-state index contributed by atoms with van der Waals surface area (Å²) in [7, 11) is 0. The molecule has 2 heterocycles. The third kappa shape index (κ3) is 4.96. The summed E-state index contributed by atoms with van der Waals surface area (Å²) in [5.74, 6) is -1.91. The number of fused-ring (bicyclic) bond motifs is 1. The van der Waals surface area contributed by atoms with Crippen LogP contribution in [0.15, 0.2) is 24.3 Å². The maximum atomic E-state index is 12.7. The predicted molar refractivity (Wildman–Crippen MR) is 102 cm³/mol. The fourth-order valence-electron chi connectivity index (χ4n) is 3.14. The lowest BCUT2D eigenvalue weighted by atomic mass is 10.1. The lowest BCUT2D eigenvalue weighted by molar-refractivity contribution is -0.148. The van der Waals surface area contributed by atoms with Gasteiger partial charge in [-0.05, 0) is 31.4 Å². The molecule has 7 nitrogen and oxygen atoms in total. The standard InChI is InChI=1S/C18H18Cl3NO6/c19-18(20,21)10-28-17(25)13(6-3-7-14-26-8-9-27-14)22-15(23)11-4-1-2-5-12(11)16(22)24/h1-2,4-5,13-14H,3,6-10H2. The van der Waals surface area contributed by atoms with Crippen LogP contribution in [0.5, 0.6) is 0 Å². The molecule has 0 bridgehead atoms. The highest BCUT2D eigenvalue weighted by molar-refractivity contribution is 6.67. The fraction of sp³-hybridized carbons (Fsp3) is 0.500. The van der Waals surface area contributed by atoms with E-state index in [-0.39, 0.29) is 23.8 Å². The van der Waals surface area contributed by atoms with Gasteiger partial charge in [0.2, 0.25) is 3.79 Å². The number of rotatable bonds is 7. The lowest BCUT2D eigenvalue weighted by Gasteiger charge is -2.25. The third-order valence-electron chi connectivity index (χ3n) is 4.40. The quantitative estimate of drug-likeness (QED) is 0.361. The number of benzene rings is 1. The molecule has 1 fully saturated rings. The van der Waals surface area contributed by atoms with Gasteiger partial charge in [0.1, 0.15) is 12.6 Å². The van der Waals surface area contributed by atoms with Crippen LogP contribution in [-0.4, -0.2) is 58.6 Å². The second kappa shape index (κ2) is 8.97. The second-order valence-electron chi connectivity index (χ2n) is 6.37. The number of carbonyl (C=O) groups is 3. The Bertz CT molecular complexity index is 725. The fourth-order valence-corrected chi connectivity index (χ4v) is 3.31. The number of carbonyl (C=O) groups excluding carboxylic acids is 3. The van der Waals surface area contributed by atoms with Gasteiger partial charge in [-0.15, -0.1) is 0 Å². The average Bonchev–Trinajstić information content (AvgIpc) is 3.25. The number of halogens is 3. The summed E-state index contributed by atoms with van der Waals surface area (Å²) < 4.78 is 14.0. The van der Waals surface area contributed by atoms with E-state index in [1.54, 1.807) is 24.3 Å². The van der Waals surface area contributed by atoms with Crippen molar-refractivity contribution in [2.45, 2.75) is 35.4 Å². The maximum Gasteiger partial charge on any atom is 0.329 e. The number of esters is 1. The van der Waals surface area contributed by atoms with E-state index in [4.69, 9.17) is 49.0 Å². The van der Waals surface area contributed by atoms with Crippen LogP contribution >= 0.6 is 34.8 Å². The van der Waals surface area contributed by atoms with E-state index in [2.05, 4.69) is 0 Å². The molecular weight excluding hydrogens is 433 g/mol. The molecule has 0 radical (unpaired) electrons. The number of alkyl halides is 3. The van der Waals surface area contributed by atoms with Crippen molar-refractivity contribution >= 4 is 52.6 Å². The van der Waals surface area contributed by atoms with Crippen LogP contribution in [0.3, 0.4) is 0 Å². The first-order valence-electron chi connectivity index (χ1n) is 8.71. The monoisotopic (exact) mass is 449 g/mol. The Balaban J connectivity index is 1.74. The summed E-state index contributed by atoms with van der Waals surface area (Å²) >= 11 is 16.9. The van der Waals surface area contributed by atoms with Crippen LogP contribution in [-0.2, 0) is 19.0 Å². The third-order valence-corrected chi connectivity index (χ3v) is 4.72. The van der Waals surface area contributed by atoms with E-state index in [9.17, 15) is 14.4 Å². The van der Waals surface area contributed by atoms with Crippen LogP contribution in [0.4, 0.5) is 0 Å². The van der Waals surface area contributed by atoms with Crippen molar-refractivity contribution in [2.75, 3.05) is 19.8 Å². The molecule has 0 aliphatic carbocycles. The minimum absolute atomic E-state index is 0.174. The predicted octanol–water partition coefficient (Wildman–Crippen LogP) is 3.11. The number of imide groups is 1. The van der Waals surface area contributed by atoms with E-state index in [1.807, 2.05) is 0 Å². The summed E-state index contributed by atoms with van der Waals surface area (Å²) in [4.78, 5) is 39.0. The number of nitrogens with zero attached hydrogens (tertiary/aromatic N) is 1. The Labute approximate surface area is 176 Å². The zero-order valence-electron chi connectivity index (χ0n) is 14.7. The molecule has 10 heteroatoms. The molecule has 152 valence electrons. The summed E-state index contributed by atoms with van der Waals surface area (Å²) in [6, 6.07) is 5.25. The summed E-state index contributed by atoms with van der Waals surface area (Å²) in [6.07, 6.45) is 0.788. The first-order chi connectivity index (χ1) is 13.3. The Kier molecular flexibility index (Phi) is 6.83. The van der Waals surface area contributed by atoms with Crippen molar-refractivity contribution in [3.63, 3.8) is 0 Å². The first-order valence-corrected chi connectivity index (χ1v) is 9.85. The van der Waals surface area contributed by atoms with Crippen LogP contribution < -0.4 is 0 Å². The molecule has 1 aromatic carbocycles. The highest BCUT2D eigenvalue weighted by Crippen LogP contribution is 2.29. The van der Waals surface area contributed by atoms with Crippen molar-refractivity contribution in [3.05, 3.63) is 35.4 Å². The normalized spacial score (nSPS) is 18.5. The van der Waals surface area contributed by atoms with Gasteiger partial charge in [0, 0.05) is 0 Å². The van der Waals surface area contributed by atoms with Gasteiger partial charge in [0.15, 0.2) is 6.29 Å².